The van der Waals surface area contributed by atoms with Gasteiger partial charge in [0, 0.05) is 11.8 Å². The molecule has 20 heavy (non-hydrogen) atoms. The number of benzene rings is 2. The van der Waals surface area contributed by atoms with Crippen LogP contribution in [0, 0.1) is 5.92 Å². The molecule has 1 saturated carbocycles. The number of carbonyl (C=O) groups is 1. The summed E-state index contributed by atoms with van der Waals surface area (Å²) >= 11 is 0. The van der Waals surface area contributed by atoms with Crippen LogP contribution in [-0.2, 0) is 14.9 Å². The van der Waals surface area contributed by atoms with Crippen LogP contribution in [0.5, 0.6) is 0 Å². The molecule has 0 aromatic heterocycles. The van der Waals surface area contributed by atoms with Crippen LogP contribution in [0.4, 0.5) is 0 Å². The summed E-state index contributed by atoms with van der Waals surface area (Å²) in [6.45, 7) is 0. The molecule has 0 N–H and O–H groups in total. The lowest BCUT2D eigenvalue weighted by atomic mass is 9.85. The number of rotatable bonds is 4. The molecule has 1 aliphatic carbocycles. The summed E-state index contributed by atoms with van der Waals surface area (Å²) in [5.41, 5.74) is 2.57. The Kier molecular flexibility index (Phi) is 3.31. The average Bonchev–Trinajstić information content (AvgIpc) is 3.24. The van der Waals surface area contributed by atoms with Crippen LogP contribution in [0.2, 0.25) is 0 Å². The van der Waals surface area contributed by atoms with Gasteiger partial charge in [0.2, 0.25) is 0 Å². The number of hydrogen-bond donors (Lipinski definition) is 0. The van der Waals surface area contributed by atoms with Crippen molar-refractivity contribution in [1.82, 2.24) is 0 Å². The smallest absolute Gasteiger partial charge is 0.305 e. The first-order chi connectivity index (χ1) is 9.77. The van der Waals surface area contributed by atoms with Gasteiger partial charge in [-0.3, -0.25) is 4.79 Å². The quantitative estimate of drug-likeness (QED) is 0.791. The molecule has 0 aliphatic heterocycles. The zero-order chi connectivity index (χ0) is 14.0. The molecule has 1 aliphatic rings. The second-order valence-electron chi connectivity index (χ2n) is 5.38. The first-order valence-corrected chi connectivity index (χ1v) is 6.95. The highest BCUT2D eigenvalue weighted by atomic mass is 16.5. The van der Waals surface area contributed by atoms with Crippen LogP contribution in [0.15, 0.2) is 60.7 Å². The zero-order valence-corrected chi connectivity index (χ0v) is 11.6. The van der Waals surface area contributed by atoms with Crippen molar-refractivity contribution in [3.63, 3.8) is 0 Å². The molecule has 2 heteroatoms. The second kappa shape index (κ2) is 5.12. The minimum absolute atomic E-state index is 0.0172. The van der Waals surface area contributed by atoms with Crippen molar-refractivity contribution >= 4 is 5.97 Å². The van der Waals surface area contributed by atoms with Crippen LogP contribution >= 0.6 is 0 Å². The summed E-state index contributed by atoms with van der Waals surface area (Å²) in [7, 11) is 1.46. The molecule has 1 unspecified atom stereocenters. The number of methoxy groups -OCH3 is 1. The monoisotopic (exact) mass is 266 g/mol. The molecule has 0 spiro atoms. The Morgan fingerprint density at radius 1 is 1.05 bits per heavy atom. The molecule has 2 aromatic rings. The van der Waals surface area contributed by atoms with Crippen LogP contribution in [0.3, 0.4) is 0 Å². The van der Waals surface area contributed by atoms with E-state index in [9.17, 15) is 4.79 Å². The molecular weight excluding hydrogens is 248 g/mol. The molecule has 2 nitrogen and oxygen atoms in total. The van der Waals surface area contributed by atoms with Gasteiger partial charge < -0.3 is 4.74 Å². The van der Waals surface area contributed by atoms with Crippen LogP contribution in [0.25, 0.3) is 0 Å². The summed E-state index contributed by atoms with van der Waals surface area (Å²) in [5.74, 6) is 0.212. The zero-order valence-electron chi connectivity index (χ0n) is 11.6. The van der Waals surface area contributed by atoms with E-state index < -0.39 is 0 Å². The van der Waals surface area contributed by atoms with E-state index in [1.54, 1.807) is 0 Å². The number of hydrogen-bond acceptors (Lipinski definition) is 2. The lowest BCUT2D eigenvalue weighted by Gasteiger charge is -2.18. The fraction of sp³-hybridized carbons (Fsp3) is 0.278. The standard InChI is InChI=1S/C18H18O2/c1-20-17(19)12-16-13-18(16,14-8-4-2-5-9-14)15-10-6-3-7-11-15/h2-11,16H,12-13H2,1H3. The van der Waals surface area contributed by atoms with Crippen molar-refractivity contribution in [2.24, 2.45) is 5.92 Å². The maximum atomic E-state index is 11.6. The van der Waals surface area contributed by atoms with Crippen molar-refractivity contribution in [3.05, 3.63) is 71.8 Å². The van der Waals surface area contributed by atoms with Crippen molar-refractivity contribution in [3.8, 4) is 0 Å². The molecule has 0 amide bonds. The highest BCUT2D eigenvalue weighted by Gasteiger charge is 2.56. The Morgan fingerprint density at radius 2 is 1.55 bits per heavy atom. The van der Waals surface area contributed by atoms with E-state index in [4.69, 9.17) is 4.74 Å². The van der Waals surface area contributed by atoms with Crippen molar-refractivity contribution < 1.29 is 9.53 Å². The van der Waals surface area contributed by atoms with Gasteiger partial charge in [-0.25, -0.2) is 0 Å². The number of carbonyl (C=O) groups excluding carboxylic acids is 1. The third kappa shape index (κ3) is 2.11. The molecule has 0 bridgehead atoms. The Hall–Kier alpha value is -2.09. The summed E-state index contributed by atoms with van der Waals surface area (Å²) in [6, 6.07) is 20.9. The third-order valence-corrected chi connectivity index (χ3v) is 4.32. The predicted molar refractivity (Wildman–Crippen MR) is 78.4 cm³/mol. The summed E-state index contributed by atoms with van der Waals surface area (Å²) in [4.78, 5) is 11.6. The highest BCUT2D eigenvalue weighted by molar-refractivity contribution is 5.71. The van der Waals surface area contributed by atoms with Gasteiger partial charge in [-0.2, -0.15) is 0 Å². The first kappa shape index (κ1) is 12.9. The molecule has 0 saturated heterocycles. The second-order valence-corrected chi connectivity index (χ2v) is 5.38. The molecule has 1 fully saturated rings. The number of esters is 1. The van der Waals surface area contributed by atoms with Crippen molar-refractivity contribution in [1.29, 1.82) is 0 Å². The van der Waals surface area contributed by atoms with Gasteiger partial charge in [-0.1, -0.05) is 60.7 Å². The van der Waals surface area contributed by atoms with Crippen LogP contribution in [-0.4, -0.2) is 13.1 Å². The summed E-state index contributed by atoms with van der Waals surface area (Å²) in [6.07, 6.45) is 1.50. The fourth-order valence-electron chi connectivity index (χ4n) is 3.21. The first-order valence-electron chi connectivity index (χ1n) is 6.95. The molecule has 3 rings (SSSR count). The van der Waals surface area contributed by atoms with E-state index in [0.717, 1.165) is 6.42 Å². The maximum Gasteiger partial charge on any atom is 0.305 e. The van der Waals surface area contributed by atoms with Crippen LogP contribution < -0.4 is 0 Å². The number of ether oxygens (including phenoxy) is 1. The van der Waals surface area contributed by atoms with Gasteiger partial charge in [0.15, 0.2) is 0 Å². The minimum Gasteiger partial charge on any atom is -0.469 e. The summed E-state index contributed by atoms with van der Waals surface area (Å²) < 4.78 is 4.83. The summed E-state index contributed by atoms with van der Waals surface area (Å²) in [5, 5.41) is 0. The molecule has 0 heterocycles. The van der Waals surface area contributed by atoms with Gasteiger partial charge in [-0.05, 0) is 23.5 Å². The topological polar surface area (TPSA) is 26.3 Å². The predicted octanol–water partition coefficient (Wildman–Crippen LogP) is 3.56. The van der Waals surface area contributed by atoms with Crippen LogP contribution in [0.1, 0.15) is 24.0 Å². The molecule has 1 atom stereocenters. The maximum absolute atomic E-state index is 11.6. The average molecular weight is 266 g/mol. The Balaban J connectivity index is 1.97. The van der Waals surface area contributed by atoms with Gasteiger partial charge in [-0.15, -0.1) is 0 Å². The lowest BCUT2D eigenvalue weighted by molar-refractivity contribution is -0.141. The highest BCUT2D eigenvalue weighted by Crippen LogP contribution is 2.60. The molecule has 0 radical (unpaired) electrons. The van der Waals surface area contributed by atoms with E-state index in [-0.39, 0.29) is 11.4 Å². The Morgan fingerprint density at radius 3 is 2.00 bits per heavy atom. The largest absolute Gasteiger partial charge is 0.469 e. The van der Waals surface area contributed by atoms with Gasteiger partial charge in [0.05, 0.1) is 7.11 Å². The third-order valence-electron chi connectivity index (χ3n) is 4.32. The fourth-order valence-corrected chi connectivity index (χ4v) is 3.21. The normalized spacial score (nSPS) is 19.4. The lowest BCUT2D eigenvalue weighted by Crippen LogP contribution is -2.14. The van der Waals surface area contributed by atoms with Gasteiger partial charge in [0.1, 0.15) is 0 Å². The van der Waals surface area contributed by atoms with E-state index in [1.165, 1.54) is 18.2 Å². The SMILES string of the molecule is COC(=O)CC1CC1(c1ccccc1)c1ccccc1. The molecular formula is C18H18O2. The van der Waals surface area contributed by atoms with Gasteiger partial charge >= 0.3 is 5.97 Å². The Bertz CT molecular complexity index is 550. The van der Waals surface area contributed by atoms with E-state index in [2.05, 4.69) is 48.5 Å². The van der Waals surface area contributed by atoms with Crippen molar-refractivity contribution in [2.45, 2.75) is 18.3 Å². The minimum atomic E-state index is -0.122. The Labute approximate surface area is 119 Å². The van der Waals surface area contributed by atoms with Crippen molar-refractivity contribution in [2.75, 3.05) is 7.11 Å². The van der Waals surface area contributed by atoms with Gasteiger partial charge in [0.25, 0.3) is 0 Å². The molecule has 102 valence electrons. The molecule has 2 aromatic carbocycles. The van der Waals surface area contributed by atoms with E-state index in [0.29, 0.717) is 12.3 Å². The van der Waals surface area contributed by atoms with E-state index >= 15 is 0 Å². The van der Waals surface area contributed by atoms with E-state index in [1.807, 2.05) is 12.1 Å².